The predicted octanol–water partition coefficient (Wildman–Crippen LogP) is 3.34. The molecule has 3 rings (SSSR count). The van der Waals surface area contributed by atoms with Crippen molar-refractivity contribution in [2.75, 3.05) is 6.61 Å². The van der Waals surface area contributed by atoms with Gasteiger partial charge < -0.3 is 4.74 Å². The molecule has 1 aromatic carbocycles. The fourth-order valence-corrected chi connectivity index (χ4v) is 2.69. The predicted molar refractivity (Wildman–Crippen MR) is 96.6 cm³/mol. The topological polar surface area (TPSA) is 69.9 Å². The third-order valence-corrected chi connectivity index (χ3v) is 3.81. The molecule has 0 radical (unpaired) electrons. The van der Waals surface area contributed by atoms with E-state index in [1.807, 2.05) is 41.1 Å². The van der Waals surface area contributed by atoms with Gasteiger partial charge in [-0.15, -0.1) is 0 Å². The van der Waals surface area contributed by atoms with Crippen LogP contribution in [0.2, 0.25) is 0 Å². The second kappa shape index (κ2) is 7.70. The van der Waals surface area contributed by atoms with Crippen LogP contribution in [0, 0.1) is 0 Å². The first-order valence-electron chi connectivity index (χ1n) is 8.36. The molecule has 6 heteroatoms. The molecule has 2 aromatic heterocycles. The summed E-state index contributed by atoms with van der Waals surface area (Å²) in [5, 5.41) is 13.3. The number of aryl methyl sites for hydroxylation is 1. The van der Waals surface area contributed by atoms with E-state index in [0.29, 0.717) is 17.7 Å². The van der Waals surface area contributed by atoms with Gasteiger partial charge in [0.05, 0.1) is 29.6 Å². The van der Waals surface area contributed by atoms with Gasteiger partial charge in [-0.05, 0) is 31.6 Å². The highest BCUT2D eigenvalue weighted by Gasteiger charge is 2.18. The van der Waals surface area contributed by atoms with Gasteiger partial charge in [0.2, 0.25) is 0 Å². The summed E-state index contributed by atoms with van der Waals surface area (Å²) < 4.78 is 7.14. The second-order valence-corrected chi connectivity index (χ2v) is 5.53. The number of nitrogens with zero attached hydrogens (tertiary/aromatic N) is 4. The van der Waals surface area contributed by atoms with Crippen LogP contribution in [0.4, 0.5) is 0 Å². The van der Waals surface area contributed by atoms with Gasteiger partial charge in [-0.2, -0.15) is 15.3 Å². The normalized spacial score (nSPS) is 11.7. The van der Waals surface area contributed by atoms with E-state index in [2.05, 4.69) is 22.2 Å². The van der Waals surface area contributed by atoms with Crippen LogP contribution < -0.4 is 0 Å². The maximum Gasteiger partial charge on any atom is 0.338 e. The average Bonchev–Trinajstić information content (AvgIpc) is 3.07. The molecule has 0 spiro atoms. The molecule has 0 aliphatic rings. The van der Waals surface area contributed by atoms with Crippen LogP contribution >= 0.6 is 0 Å². The Morgan fingerprint density at radius 1 is 1.24 bits per heavy atom. The molecule has 0 aliphatic heterocycles. The summed E-state index contributed by atoms with van der Waals surface area (Å²) in [7, 11) is 0. The van der Waals surface area contributed by atoms with Crippen LogP contribution in [-0.2, 0) is 16.1 Å². The number of rotatable bonds is 6. The number of carbonyl (C=O) groups is 1. The minimum atomic E-state index is -0.384. The van der Waals surface area contributed by atoms with Crippen molar-refractivity contribution in [3.63, 3.8) is 0 Å². The molecule has 0 aliphatic carbocycles. The molecule has 25 heavy (non-hydrogen) atoms. The highest BCUT2D eigenvalue weighted by Crippen LogP contribution is 2.26. The van der Waals surface area contributed by atoms with Crippen molar-refractivity contribution in [3.05, 3.63) is 54.0 Å². The fraction of sp³-hybridized carbons (Fsp3) is 0.263. The Morgan fingerprint density at radius 2 is 2.08 bits per heavy atom. The molecule has 0 fully saturated rings. The number of esters is 1. The molecule has 0 saturated heterocycles. The van der Waals surface area contributed by atoms with E-state index >= 15 is 0 Å². The molecule has 0 N–H and O–H groups in total. The Labute approximate surface area is 146 Å². The first-order chi connectivity index (χ1) is 12.2. The first kappa shape index (κ1) is 16.8. The van der Waals surface area contributed by atoms with Crippen LogP contribution in [0.15, 0.2) is 42.7 Å². The Balaban J connectivity index is 2.16. The number of hydrogen-bond donors (Lipinski definition) is 0. The summed E-state index contributed by atoms with van der Waals surface area (Å²) in [6.07, 6.45) is 6.10. The van der Waals surface area contributed by atoms with Crippen molar-refractivity contribution in [1.29, 1.82) is 0 Å². The van der Waals surface area contributed by atoms with E-state index in [0.717, 1.165) is 29.6 Å². The van der Waals surface area contributed by atoms with Crippen LogP contribution in [0.5, 0.6) is 0 Å². The van der Waals surface area contributed by atoms with Gasteiger partial charge in [-0.25, -0.2) is 4.79 Å². The standard InChI is InChI=1S/C19H20N4O2/c1-3-11-23-14(9-10-21-23)12-16(19(24)25-4-2)17-13-20-22-18-8-6-5-7-15(17)18/h5-10,12-13H,3-4,11H2,1-2H3/b16-12-. The summed E-state index contributed by atoms with van der Waals surface area (Å²) >= 11 is 0. The van der Waals surface area contributed by atoms with Gasteiger partial charge in [0.15, 0.2) is 0 Å². The molecule has 128 valence electrons. The van der Waals surface area contributed by atoms with Crippen molar-refractivity contribution < 1.29 is 9.53 Å². The van der Waals surface area contributed by atoms with Gasteiger partial charge in [0, 0.05) is 23.7 Å². The Bertz CT molecular complexity index is 909. The van der Waals surface area contributed by atoms with Gasteiger partial charge in [0.1, 0.15) is 0 Å². The minimum Gasteiger partial charge on any atom is -0.462 e. The third-order valence-electron chi connectivity index (χ3n) is 3.81. The number of carbonyl (C=O) groups excluding carboxylic acids is 1. The highest BCUT2D eigenvalue weighted by atomic mass is 16.5. The molecular formula is C19H20N4O2. The Hall–Kier alpha value is -3.02. The zero-order valence-electron chi connectivity index (χ0n) is 14.3. The van der Waals surface area contributed by atoms with Gasteiger partial charge in [-0.1, -0.05) is 25.1 Å². The molecule has 0 bridgehead atoms. The van der Waals surface area contributed by atoms with Crippen LogP contribution in [0.1, 0.15) is 31.5 Å². The molecule has 3 aromatic rings. The lowest BCUT2D eigenvalue weighted by atomic mass is 10.0. The van der Waals surface area contributed by atoms with Crippen molar-refractivity contribution in [2.24, 2.45) is 0 Å². The minimum absolute atomic E-state index is 0.306. The average molecular weight is 336 g/mol. The van der Waals surface area contributed by atoms with Crippen molar-refractivity contribution in [2.45, 2.75) is 26.8 Å². The van der Waals surface area contributed by atoms with Gasteiger partial charge >= 0.3 is 5.97 Å². The monoisotopic (exact) mass is 336 g/mol. The first-order valence-corrected chi connectivity index (χ1v) is 8.36. The fourth-order valence-electron chi connectivity index (χ4n) is 2.69. The molecule has 0 saturated carbocycles. The highest BCUT2D eigenvalue weighted by molar-refractivity contribution is 6.24. The number of ether oxygens (including phenoxy) is 1. The molecule has 6 nitrogen and oxygen atoms in total. The largest absolute Gasteiger partial charge is 0.462 e. The van der Waals surface area contributed by atoms with E-state index in [1.54, 1.807) is 19.3 Å². The van der Waals surface area contributed by atoms with E-state index in [1.165, 1.54) is 0 Å². The summed E-state index contributed by atoms with van der Waals surface area (Å²) in [5.41, 5.74) is 2.74. The molecule has 0 unspecified atom stereocenters. The quantitative estimate of drug-likeness (QED) is 0.510. The smallest absolute Gasteiger partial charge is 0.338 e. The SMILES string of the molecule is CCCn1nccc1/C=C(\C(=O)OCC)c1cnnc2ccccc12. The summed E-state index contributed by atoms with van der Waals surface area (Å²) in [4.78, 5) is 12.6. The number of fused-ring (bicyclic) bond motifs is 1. The van der Waals surface area contributed by atoms with Crippen molar-refractivity contribution in [3.8, 4) is 0 Å². The molecule has 2 heterocycles. The lowest BCUT2D eigenvalue weighted by Gasteiger charge is -2.10. The maximum absolute atomic E-state index is 12.6. The number of benzene rings is 1. The number of aromatic nitrogens is 4. The summed E-state index contributed by atoms with van der Waals surface area (Å²) in [5.74, 6) is -0.384. The number of hydrogen-bond acceptors (Lipinski definition) is 5. The van der Waals surface area contributed by atoms with Crippen LogP contribution in [0.3, 0.4) is 0 Å². The third kappa shape index (κ3) is 3.57. The van der Waals surface area contributed by atoms with Gasteiger partial charge in [-0.3, -0.25) is 4.68 Å². The van der Waals surface area contributed by atoms with Crippen LogP contribution in [-0.4, -0.2) is 32.6 Å². The second-order valence-electron chi connectivity index (χ2n) is 5.53. The van der Waals surface area contributed by atoms with E-state index < -0.39 is 0 Å². The molecular weight excluding hydrogens is 316 g/mol. The molecule has 0 atom stereocenters. The van der Waals surface area contributed by atoms with E-state index in [-0.39, 0.29) is 5.97 Å². The zero-order chi connectivity index (χ0) is 17.6. The van der Waals surface area contributed by atoms with Gasteiger partial charge in [0.25, 0.3) is 0 Å². The molecule has 0 amide bonds. The zero-order valence-corrected chi connectivity index (χ0v) is 14.3. The van der Waals surface area contributed by atoms with E-state index in [9.17, 15) is 4.79 Å². The van der Waals surface area contributed by atoms with Crippen LogP contribution in [0.25, 0.3) is 22.6 Å². The Kier molecular flexibility index (Phi) is 5.18. The lowest BCUT2D eigenvalue weighted by Crippen LogP contribution is -2.09. The summed E-state index contributed by atoms with van der Waals surface area (Å²) in [6.45, 7) is 4.96. The Morgan fingerprint density at radius 3 is 2.88 bits per heavy atom. The lowest BCUT2D eigenvalue weighted by molar-refractivity contribution is -0.136. The van der Waals surface area contributed by atoms with Crippen molar-refractivity contribution >= 4 is 28.5 Å². The van der Waals surface area contributed by atoms with Crippen molar-refractivity contribution in [1.82, 2.24) is 20.0 Å². The summed E-state index contributed by atoms with van der Waals surface area (Å²) in [6, 6.07) is 9.49. The van der Waals surface area contributed by atoms with E-state index in [4.69, 9.17) is 4.74 Å². The maximum atomic E-state index is 12.6.